The van der Waals surface area contributed by atoms with E-state index in [-0.39, 0.29) is 11.9 Å². The van der Waals surface area contributed by atoms with Crippen LogP contribution < -0.4 is 5.32 Å². The predicted octanol–water partition coefficient (Wildman–Crippen LogP) is 4.20. The fraction of sp³-hybridized carbons (Fsp3) is 0.263. The Morgan fingerprint density at radius 3 is 2.74 bits per heavy atom. The average Bonchev–Trinajstić information content (AvgIpc) is 3.31. The van der Waals surface area contributed by atoms with Crippen molar-refractivity contribution in [3.63, 3.8) is 0 Å². The summed E-state index contributed by atoms with van der Waals surface area (Å²) in [6, 6.07) is 16.1. The van der Waals surface area contributed by atoms with Gasteiger partial charge in [-0.1, -0.05) is 41.6 Å². The van der Waals surface area contributed by atoms with Crippen LogP contribution in [0.1, 0.15) is 53.5 Å². The quantitative estimate of drug-likeness (QED) is 0.786. The van der Waals surface area contributed by atoms with Crippen molar-refractivity contribution in [1.82, 2.24) is 10.5 Å². The number of nitrogens with zero attached hydrogens (tertiary/aromatic N) is 1. The summed E-state index contributed by atoms with van der Waals surface area (Å²) in [6.07, 6.45) is 2.26. The first-order valence-electron chi connectivity index (χ1n) is 7.97. The van der Waals surface area contributed by atoms with Gasteiger partial charge in [-0.05, 0) is 42.2 Å². The van der Waals surface area contributed by atoms with Crippen molar-refractivity contribution < 1.29 is 9.32 Å². The average molecular weight is 306 g/mol. The van der Waals surface area contributed by atoms with E-state index in [1.54, 1.807) is 6.07 Å². The second-order valence-electron chi connectivity index (χ2n) is 6.19. The molecule has 1 fully saturated rings. The SMILES string of the molecule is CC(NC(=O)c1cc(C2CC2)on1)c1ccc2ccccc2c1. The fourth-order valence-electron chi connectivity index (χ4n) is 2.79. The van der Waals surface area contributed by atoms with Gasteiger partial charge in [0.2, 0.25) is 0 Å². The largest absolute Gasteiger partial charge is 0.360 e. The Labute approximate surface area is 134 Å². The molecule has 1 N–H and O–H groups in total. The molecule has 1 atom stereocenters. The Morgan fingerprint density at radius 1 is 1.17 bits per heavy atom. The van der Waals surface area contributed by atoms with Crippen LogP contribution in [-0.2, 0) is 0 Å². The van der Waals surface area contributed by atoms with Crippen molar-refractivity contribution in [2.45, 2.75) is 31.7 Å². The normalized spacial score (nSPS) is 15.5. The second kappa shape index (κ2) is 5.54. The number of benzene rings is 2. The van der Waals surface area contributed by atoms with Crippen molar-refractivity contribution in [2.75, 3.05) is 0 Å². The molecule has 0 saturated heterocycles. The van der Waals surface area contributed by atoms with Crippen LogP contribution in [0.25, 0.3) is 10.8 Å². The molecule has 1 heterocycles. The molecule has 1 aliphatic carbocycles. The molecule has 1 aliphatic rings. The molecule has 0 spiro atoms. The first-order chi connectivity index (χ1) is 11.2. The van der Waals surface area contributed by atoms with E-state index in [4.69, 9.17) is 4.52 Å². The van der Waals surface area contributed by atoms with Gasteiger partial charge in [-0.3, -0.25) is 4.79 Å². The van der Waals surface area contributed by atoms with Gasteiger partial charge < -0.3 is 9.84 Å². The number of carbonyl (C=O) groups excluding carboxylic acids is 1. The molecule has 116 valence electrons. The maximum Gasteiger partial charge on any atom is 0.273 e. The summed E-state index contributed by atoms with van der Waals surface area (Å²) in [5.74, 6) is 1.09. The predicted molar refractivity (Wildman–Crippen MR) is 88.3 cm³/mol. The van der Waals surface area contributed by atoms with Crippen molar-refractivity contribution in [2.24, 2.45) is 0 Å². The highest BCUT2D eigenvalue weighted by Crippen LogP contribution is 2.40. The van der Waals surface area contributed by atoms with Crippen LogP contribution >= 0.6 is 0 Å². The van der Waals surface area contributed by atoms with Crippen molar-refractivity contribution in [3.8, 4) is 0 Å². The molecule has 1 aromatic heterocycles. The first kappa shape index (κ1) is 14.0. The summed E-state index contributed by atoms with van der Waals surface area (Å²) in [7, 11) is 0. The minimum absolute atomic E-state index is 0.0896. The van der Waals surface area contributed by atoms with E-state index < -0.39 is 0 Å². The van der Waals surface area contributed by atoms with Crippen LogP contribution in [0.4, 0.5) is 0 Å². The number of carbonyl (C=O) groups is 1. The Kier molecular flexibility index (Phi) is 3.37. The van der Waals surface area contributed by atoms with Crippen LogP contribution in [0.3, 0.4) is 0 Å². The summed E-state index contributed by atoms with van der Waals surface area (Å²) in [5.41, 5.74) is 1.43. The molecule has 23 heavy (non-hydrogen) atoms. The van der Waals surface area contributed by atoms with E-state index in [0.717, 1.165) is 24.2 Å². The van der Waals surface area contributed by atoms with Gasteiger partial charge in [0, 0.05) is 12.0 Å². The molecule has 1 unspecified atom stereocenters. The van der Waals surface area contributed by atoms with E-state index in [1.165, 1.54) is 10.8 Å². The Bertz CT molecular complexity index is 864. The number of fused-ring (bicyclic) bond motifs is 1. The Hall–Kier alpha value is -2.62. The zero-order valence-corrected chi connectivity index (χ0v) is 13.0. The van der Waals surface area contributed by atoms with Gasteiger partial charge in [-0.25, -0.2) is 0 Å². The zero-order chi connectivity index (χ0) is 15.8. The van der Waals surface area contributed by atoms with Gasteiger partial charge in [-0.15, -0.1) is 0 Å². The van der Waals surface area contributed by atoms with Crippen LogP contribution in [-0.4, -0.2) is 11.1 Å². The summed E-state index contributed by atoms with van der Waals surface area (Å²) >= 11 is 0. The highest BCUT2D eigenvalue weighted by Gasteiger charge is 2.29. The summed E-state index contributed by atoms with van der Waals surface area (Å²) in [4.78, 5) is 12.3. The molecule has 3 aromatic rings. The van der Waals surface area contributed by atoms with Gasteiger partial charge in [0.05, 0.1) is 6.04 Å². The standard InChI is InChI=1S/C19H18N2O2/c1-12(15-9-6-13-4-2-3-5-16(13)10-15)20-19(22)17-11-18(23-21-17)14-7-8-14/h2-6,9-12,14H,7-8H2,1H3,(H,20,22). The summed E-state index contributed by atoms with van der Waals surface area (Å²) < 4.78 is 5.24. The molecule has 4 rings (SSSR count). The highest BCUT2D eigenvalue weighted by atomic mass is 16.5. The lowest BCUT2D eigenvalue weighted by molar-refractivity contribution is 0.0930. The van der Waals surface area contributed by atoms with Gasteiger partial charge >= 0.3 is 0 Å². The van der Waals surface area contributed by atoms with Crippen molar-refractivity contribution >= 4 is 16.7 Å². The summed E-state index contributed by atoms with van der Waals surface area (Å²) in [5, 5.41) is 9.24. The minimum atomic E-state index is -0.193. The molecule has 4 heteroatoms. The van der Waals surface area contributed by atoms with Crippen molar-refractivity contribution in [3.05, 3.63) is 65.5 Å². The highest BCUT2D eigenvalue weighted by molar-refractivity contribution is 5.92. The zero-order valence-electron chi connectivity index (χ0n) is 13.0. The van der Waals surface area contributed by atoms with E-state index in [9.17, 15) is 4.79 Å². The molecule has 0 radical (unpaired) electrons. The Morgan fingerprint density at radius 2 is 1.96 bits per heavy atom. The molecular formula is C19H18N2O2. The second-order valence-corrected chi connectivity index (χ2v) is 6.19. The van der Waals surface area contributed by atoms with Crippen molar-refractivity contribution in [1.29, 1.82) is 0 Å². The number of hydrogen-bond acceptors (Lipinski definition) is 3. The molecule has 1 saturated carbocycles. The lowest BCUT2D eigenvalue weighted by atomic mass is 10.0. The van der Waals surface area contributed by atoms with Crippen LogP contribution in [0.5, 0.6) is 0 Å². The number of nitrogens with one attached hydrogen (secondary N) is 1. The van der Waals surface area contributed by atoms with E-state index in [1.807, 2.05) is 25.1 Å². The van der Waals surface area contributed by atoms with Crippen LogP contribution in [0.2, 0.25) is 0 Å². The maximum atomic E-state index is 12.3. The molecule has 2 aromatic carbocycles. The maximum absolute atomic E-state index is 12.3. The van der Waals surface area contributed by atoms with E-state index in [2.05, 4.69) is 34.7 Å². The number of hydrogen-bond donors (Lipinski definition) is 1. The number of amides is 1. The third-order valence-corrected chi connectivity index (χ3v) is 4.36. The lowest BCUT2D eigenvalue weighted by Gasteiger charge is -2.14. The third kappa shape index (κ3) is 2.84. The fourth-order valence-corrected chi connectivity index (χ4v) is 2.79. The van der Waals surface area contributed by atoms with Crippen LogP contribution in [0.15, 0.2) is 53.1 Å². The number of aromatic nitrogens is 1. The number of rotatable bonds is 4. The van der Waals surface area contributed by atoms with Crippen LogP contribution in [0, 0.1) is 0 Å². The molecular weight excluding hydrogens is 288 g/mol. The monoisotopic (exact) mass is 306 g/mol. The molecule has 4 nitrogen and oxygen atoms in total. The lowest BCUT2D eigenvalue weighted by Crippen LogP contribution is -2.26. The molecule has 1 amide bonds. The van der Waals surface area contributed by atoms with Gasteiger partial charge in [-0.2, -0.15) is 0 Å². The molecule has 0 aliphatic heterocycles. The van der Waals surface area contributed by atoms with Gasteiger partial charge in [0.15, 0.2) is 5.69 Å². The summed E-state index contributed by atoms with van der Waals surface area (Å²) in [6.45, 7) is 1.98. The van der Waals surface area contributed by atoms with Gasteiger partial charge in [0.25, 0.3) is 5.91 Å². The molecule has 0 bridgehead atoms. The van der Waals surface area contributed by atoms with Gasteiger partial charge in [0.1, 0.15) is 5.76 Å². The third-order valence-electron chi connectivity index (χ3n) is 4.36. The Balaban J connectivity index is 1.50. The van der Waals surface area contributed by atoms with E-state index in [0.29, 0.717) is 11.6 Å². The smallest absolute Gasteiger partial charge is 0.273 e. The topological polar surface area (TPSA) is 55.1 Å². The first-order valence-corrected chi connectivity index (χ1v) is 7.97. The minimum Gasteiger partial charge on any atom is -0.360 e. The van der Waals surface area contributed by atoms with E-state index >= 15 is 0 Å².